The topological polar surface area (TPSA) is 9.23 Å². The van der Waals surface area contributed by atoms with Gasteiger partial charge in [-0.2, -0.15) is 0 Å². The molecule has 1 nitrogen and oxygen atoms in total. The minimum Gasteiger partial charge on any atom is -0.381 e. The molecule has 1 saturated heterocycles. The highest BCUT2D eigenvalue weighted by Crippen LogP contribution is 1.98. The molecule has 0 atom stereocenters. The maximum absolute atomic E-state index is 4.94. The van der Waals surface area contributed by atoms with Crippen molar-refractivity contribution in [1.82, 2.24) is 0 Å². The molecule has 0 aromatic rings. The van der Waals surface area contributed by atoms with Gasteiger partial charge < -0.3 is 4.74 Å². The average Bonchev–Trinajstić information content (AvgIpc) is 2.23. The van der Waals surface area contributed by atoms with Gasteiger partial charge in [-0.3, -0.25) is 0 Å². The van der Waals surface area contributed by atoms with E-state index in [2.05, 4.69) is 12.8 Å². The molecule has 1 fully saturated rings. The van der Waals surface area contributed by atoms with Crippen molar-refractivity contribution in [3.8, 4) is 12.8 Å². The van der Waals surface area contributed by atoms with Crippen LogP contribution >= 0.6 is 0 Å². The Morgan fingerprint density at radius 1 is 1.00 bits per heavy atom. The number of hydrogen-bond donors (Lipinski definition) is 0. The highest BCUT2D eigenvalue weighted by atomic mass is 16.5. The second kappa shape index (κ2) is 5.52. The minimum absolute atomic E-state index is 1.00. The van der Waals surface area contributed by atoms with E-state index in [1.807, 2.05) is 0 Å². The summed E-state index contributed by atoms with van der Waals surface area (Å²) in [6, 6.07) is 0. The summed E-state index contributed by atoms with van der Waals surface area (Å²) >= 11 is 0. The summed E-state index contributed by atoms with van der Waals surface area (Å²) in [4.78, 5) is 0. The van der Waals surface area contributed by atoms with E-state index in [1.54, 1.807) is 0 Å². The fourth-order valence-electron chi connectivity index (χ4n) is 0.510. The van der Waals surface area contributed by atoms with Gasteiger partial charge in [0.05, 0.1) is 0 Å². The van der Waals surface area contributed by atoms with Crippen molar-refractivity contribution >= 4 is 0 Å². The third kappa shape index (κ3) is 3.35. The van der Waals surface area contributed by atoms with Crippen LogP contribution in [0.1, 0.15) is 12.8 Å². The van der Waals surface area contributed by atoms with Gasteiger partial charge in [0.2, 0.25) is 0 Å². The van der Waals surface area contributed by atoms with Crippen LogP contribution in [0.15, 0.2) is 0 Å². The van der Waals surface area contributed by atoms with Crippen LogP contribution in [-0.2, 0) is 4.74 Å². The van der Waals surface area contributed by atoms with Gasteiger partial charge in [-0.25, -0.2) is 0 Å². The quantitative estimate of drug-likeness (QED) is 0.411. The van der Waals surface area contributed by atoms with E-state index in [0.717, 1.165) is 13.2 Å². The summed E-state index contributed by atoms with van der Waals surface area (Å²) in [5.74, 6) is 0. The fraction of sp³-hybridized carbons (Fsp3) is 0.667. The fourth-order valence-corrected chi connectivity index (χ4v) is 0.510. The van der Waals surface area contributed by atoms with Crippen molar-refractivity contribution in [2.24, 2.45) is 0 Å². The largest absolute Gasteiger partial charge is 0.381 e. The maximum Gasteiger partial charge on any atom is 0.0466 e. The Labute approximate surface area is 44.7 Å². The van der Waals surface area contributed by atoms with Gasteiger partial charge in [-0.05, 0) is 12.8 Å². The van der Waals surface area contributed by atoms with E-state index in [9.17, 15) is 0 Å². The van der Waals surface area contributed by atoms with Crippen molar-refractivity contribution in [2.75, 3.05) is 13.2 Å². The number of rotatable bonds is 0. The highest BCUT2D eigenvalue weighted by molar-refractivity contribution is 4.47. The second-order valence-corrected chi connectivity index (χ2v) is 1.32. The van der Waals surface area contributed by atoms with Crippen molar-refractivity contribution < 1.29 is 4.74 Å². The maximum atomic E-state index is 4.94. The van der Waals surface area contributed by atoms with Gasteiger partial charge >= 0.3 is 0 Å². The SMILES string of the molecule is C#C.C1CCOC1. The molecule has 1 heteroatoms. The Hall–Kier alpha value is -0.480. The summed E-state index contributed by atoms with van der Waals surface area (Å²) in [5, 5.41) is 0. The molecule has 0 aliphatic carbocycles. The van der Waals surface area contributed by atoms with E-state index >= 15 is 0 Å². The summed E-state index contributed by atoms with van der Waals surface area (Å²) in [6.45, 7) is 2.00. The van der Waals surface area contributed by atoms with E-state index < -0.39 is 0 Å². The Kier molecular flexibility index (Phi) is 5.14. The molecule has 7 heavy (non-hydrogen) atoms. The molecule has 0 aromatic carbocycles. The Morgan fingerprint density at radius 3 is 1.57 bits per heavy atom. The zero-order chi connectivity index (χ0) is 5.54. The van der Waals surface area contributed by atoms with Gasteiger partial charge in [0.25, 0.3) is 0 Å². The molecule has 40 valence electrons. The molecule has 1 aliphatic heterocycles. The molecular weight excluding hydrogens is 88.1 g/mol. The highest BCUT2D eigenvalue weighted by Gasteiger charge is 1.94. The van der Waals surface area contributed by atoms with Crippen LogP contribution in [0.2, 0.25) is 0 Å². The standard InChI is InChI=1S/C4H8O.C2H2/c1-2-4-5-3-1;1-2/h1-4H2;1-2H. The lowest BCUT2D eigenvalue weighted by Crippen LogP contribution is -1.74. The molecule has 0 unspecified atom stereocenters. The summed E-state index contributed by atoms with van der Waals surface area (Å²) in [6.07, 6.45) is 10.6. The Bertz CT molecular complexity index is 35.8. The lowest BCUT2D eigenvalue weighted by atomic mass is 10.4. The lowest BCUT2D eigenvalue weighted by Gasteiger charge is -1.76. The zero-order valence-electron chi connectivity index (χ0n) is 4.39. The monoisotopic (exact) mass is 98.1 g/mol. The number of terminal acetylenes is 1. The second-order valence-electron chi connectivity index (χ2n) is 1.32. The van der Waals surface area contributed by atoms with Crippen LogP contribution in [0.5, 0.6) is 0 Å². The van der Waals surface area contributed by atoms with Crippen molar-refractivity contribution in [2.45, 2.75) is 12.8 Å². The van der Waals surface area contributed by atoms with Crippen LogP contribution in [0, 0.1) is 12.8 Å². The molecule has 0 amide bonds. The van der Waals surface area contributed by atoms with E-state index in [1.165, 1.54) is 12.8 Å². The van der Waals surface area contributed by atoms with Crippen LogP contribution in [-0.4, -0.2) is 13.2 Å². The summed E-state index contributed by atoms with van der Waals surface area (Å²) < 4.78 is 4.94. The molecule has 0 N–H and O–H groups in total. The molecule has 1 aliphatic rings. The predicted octanol–water partition coefficient (Wildman–Crippen LogP) is 1.05. The first-order chi connectivity index (χ1) is 3.50. The molecule has 1 rings (SSSR count). The van der Waals surface area contributed by atoms with Crippen molar-refractivity contribution in [3.63, 3.8) is 0 Å². The smallest absolute Gasteiger partial charge is 0.0466 e. The van der Waals surface area contributed by atoms with Crippen molar-refractivity contribution in [3.05, 3.63) is 0 Å². The molecule has 1 heterocycles. The van der Waals surface area contributed by atoms with Crippen LogP contribution < -0.4 is 0 Å². The van der Waals surface area contributed by atoms with Crippen LogP contribution in [0.25, 0.3) is 0 Å². The third-order valence-electron chi connectivity index (χ3n) is 0.827. The van der Waals surface area contributed by atoms with Crippen molar-refractivity contribution in [1.29, 1.82) is 0 Å². The molecule has 0 saturated carbocycles. The zero-order valence-corrected chi connectivity index (χ0v) is 4.39. The number of hydrogen-bond acceptors (Lipinski definition) is 1. The predicted molar refractivity (Wildman–Crippen MR) is 29.9 cm³/mol. The molecule has 0 spiro atoms. The molecule has 0 radical (unpaired) electrons. The van der Waals surface area contributed by atoms with Gasteiger partial charge in [0, 0.05) is 13.2 Å². The van der Waals surface area contributed by atoms with Crippen LogP contribution in [0.3, 0.4) is 0 Å². The Balaban J connectivity index is 0.000000162. The van der Waals surface area contributed by atoms with Gasteiger partial charge in [0.15, 0.2) is 0 Å². The van der Waals surface area contributed by atoms with Crippen LogP contribution in [0.4, 0.5) is 0 Å². The molecular formula is C6H10O. The first-order valence-corrected chi connectivity index (χ1v) is 2.41. The molecule has 0 bridgehead atoms. The van der Waals surface area contributed by atoms with Gasteiger partial charge in [-0.1, -0.05) is 0 Å². The average molecular weight is 98.1 g/mol. The first-order valence-electron chi connectivity index (χ1n) is 2.41. The van der Waals surface area contributed by atoms with Gasteiger partial charge in [-0.15, -0.1) is 12.8 Å². The third-order valence-corrected chi connectivity index (χ3v) is 0.827. The lowest BCUT2D eigenvalue weighted by molar-refractivity contribution is 0.198. The van der Waals surface area contributed by atoms with E-state index in [4.69, 9.17) is 4.74 Å². The first kappa shape index (κ1) is 6.52. The molecule has 0 aromatic heterocycles. The van der Waals surface area contributed by atoms with Gasteiger partial charge in [0.1, 0.15) is 0 Å². The summed E-state index contributed by atoms with van der Waals surface area (Å²) in [7, 11) is 0. The Morgan fingerprint density at radius 2 is 1.43 bits per heavy atom. The normalized spacial score (nSPS) is 17.4. The number of ether oxygens (including phenoxy) is 1. The minimum atomic E-state index is 1.00. The summed E-state index contributed by atoms with van der Waals surface area (Å²) in [5.41, 5.74) is 0. The van der Waals surface area contributed by atoms with E-state index in [-0.39, 0.29) is 0 Å². The van der Waals surface area contributed by atoms with E-state index in [0.29, 0.717) is 0 Å².